The minimum Gasteiger partial charge on any atom is -0.497 e. The molecule has 1 amide bonds. The summed E-state index contributed by atoms with van der Waals surface area (Å²) in [6, 6.07) is 29.7. The quantitative estimate of drug-likeness (QED) is 0.0783. The maximum Gasteiger partial charge on any atom is 0.352 e. The van der Waals surface area contributed by atoms with Gasteiger partial charge in [-0.3, -0.25) is 4.79 Å². The fourth-order valence-electron chi connectivity index (χ4n) is 10.8. The molecule has 382 valence electrons. The Labute approximate surface area is 423 Å². The Morgan fingerprint density at radius 2 is 1.10 bits per heavy atom. The summed E-state index contributed by atoms with van der Waals surface area (Å²) in [4.78, 5) is 40.8. The number of hydrogen-bond donors (Lipinski definition) is 5. The van der Waals surface area contributed by atoms with Gasteiger partial charge < -0.3 is 50.5 Å². The number of hydrogen-bond acceptors (Lipinski definition) is 11. The molecule has 0 saturated carbocycles. The molecule has 3 aromatic heterocycles. The highest BCUT2D eigenvalue weighted by Gasteiger charge is 2.23. The number of likely N-dealkylation sites (tertiary alicyclic amines) is 4. The van der Waals surface area contributed by atoms with E-state index in [1.54, 1.807) is 13.2 Å². The second kappa shape index (κ2) is 25.0. The summed E-state index contributed by atoms with van der Waals surface area (Å²) in [6.07, 6.45) is 15.5. The van der Waals surface area contributed by atoms with Crippen LogP contribution >= 0.6 is 0 Å². The number of carboxylic acids is 1. The summed E-state index contributed by atoms with van der Waals surface area (Å²) in [5, 5.41) is 22.1. The highest BCUT2D eigenvalue weighted by molar-refractivity contribution is 6.04. The molecule has 11 rings (SSSR count). The van der Waals surface area contributed by atoms with Crippen LogP contribution in [0.25, 0.3) is 55.1 Å². The zero-order valence-corrected chi connectivity index (χ0v) is 42.1. The smallest absolute Gasteiger partial charge is 0.352 e. The second-order valence-corrected chi connectivity index (χ2v) is 20.2. The van der Waals surface area contributed by atoms with Crippen LogP contribution in [-0.4, -0.2) is 155 Å². The lowest BCUT2D eigenvalue weighted by atomic mass is 10.0. The molecule has 4 saturated heterocycles. The molecule has 7 aromatic rings. The normalized spacial score (nSPS) is 18.2. The number of aromatic amines is 2. The lowest BCUT2D eigenvalue weighted by Crippen LogP contribution is -2.46. The van der Waals surface area contributed by atoms with Gasteiger partial charge in [-0.05, 0) is 172 Å². The Morgan fingerprint density at radius 1 is 0.611 bits per heavy atom. The first-order valence-electron chi connectivity index (χ1n) is 26.6. The number of benzene rings is 4. The van der Waals surface area contributed by atoms with E-state index in [-0.39, 0.29) is 17.6 Å². The molecule has 7 heterocycles. The van der Waals surface area contributed by atoms with E-state index in [9.17, 15) is 9.59 Å². The number of nitrogens with zero attached hydrogens (tertiary/aromatic N) is 6. The number of ether oxygens (including phenoxy) is 1. The topological polar surface area (TPSA) is 185 Å². The molecule has 15 heteroatoms. The number of carboxylic acid groups (broad SMARTS) is 1. The predicted octanol–water partition coefficient (Wildman–Crippen LogP) is 9.27. The SMILES string of the molecule is COc1ccc(-c2cccc3[nH]c(C(=O)O)cc23)cc1.NC1CCN(CCN2CCCCCC2)CC1.O=C(NC1CCN(CCN2CCCCCC2)CC1)c1cc2c(-c3ccc4nonc4c3)cccc2[nH]1. The number of carbonyl (C=O) groups excluding carboxylic acids is 1. The van der Waals surface area contributed by atoms with E-state index in [1.807, 2.05) is 78.9 Å². The number of nitrogens with one attached hydrogen (secondary N) is 3. The average molecular weight is 979 g/mol. The summed E-state index contributed by atoms with van der Waals surface area (Å²) in [5.74, 6) is -0.195. The van der Waals surface area contributed by atoms with E-state index in [0.717, 1.165) is 93.3 Å². The van der Waals surface area contributed by atoms with Crippen molar-refractivity contribution in [3.05, 3.63) is 102 Å². The second-order valence-electron chi connectivity index (χ2n) is 20.2. The Hall–Kier alpha value is -6.10. The van der Waals surface area contributed by atoms with Crippen LogP contribution in [0, 0.1) is 0 Å². The summed E-state index contributed by atoms with van der Waals surface area (Å²) < 4.78 is 9.98. The van der Waals surface area contributed by atoms with Crippen molar-refractivity contribution in [1.29, 1.82) is 0 Å². The first-order valence-corrected chi connectivity index (χ1v) is 26.6. The molecule has 15 nitrogen and oxygen atoms in total. The van der Waals surface area contributed by atoms with Crippen molar-refractivity contribution in [3.8, 4) is 28.0 Å². The van der Waals surface area contributed by atoms with Gasteiger partial charge in [0.1, 0.15) is 28.2 Å². The van der Waals surface area contributed by atoms with Crippen molar-refractivity contribution in [2.24, 2.45) is 5.73 Å². The maximum absolute atomic E-state index is 13.1. The molecule has 72 heavy (non-hydrogen) atoms. The third-order valence-electron chi connectivity index (χ3n) is 15.2. The van der Waals surface area contributed by atoms with E-state index in [0.29, 0.717) is 11.7 Å². The zero-order chi connectivity index (χ0) is 49.7. The lowest BCUT2D eigenvalue weighted by Gasteiger charge is -2.33. The zero-order valence-electron chi connectivity index (χ0n) is 42.1. The number of fused-ring (bicyclic) bond motifs is 3. The summed E-state index contributed by atoms with van der Waals surface area (Å²) >= 11 is 0. The molecule has 0 unspecified atom stereocenters. The number of methoxy groups -OCH3 is 1. The van der Waals surface area contributed by atoms with E-state index in [1.165, 1.54) is 123 Å². The van der Waals surface area contributed by atoms with Crippen LogP contribution in [0.5, 0.6) is 5.75 Å². The van der Waals surface area contributed by atoms with Gasteiger partial charge in [0.15, 0.2) is 0 Å². The largest absolute Gasteiger partial charge is 0.497 e. The number of rotatable bonds is 12. The van der Waals surface area contributed by atoms with Crippen molar-refractivity contribution in [1.82, 2.24) is 45.2 Å². The van der Waals surface area contributed by atoms with Crippen molar-refractivity contribution >= 4 is 44.7 Å². The van der Waals surface area contributed by atoms with Crippen molar-refractivity contribution in [3.63, 3.8) is 0 Å². The van der Waals surface area contributed by atoms with Gasteiger partial charge in [-0.1, -0.05) is 68.1 Å². The van der Waals surface area contributed by atoms with Crippen molar-refractivity contribution < 1.29 is 24.1 Å². The van der Waals surface area contributed by atoms with Gasteiger partial charge in [-0.25, -0.2) is 9.42 Å². The van der Waals surface area contributed by atoms with Gasteiger partial charge >= 0.3 is 5.97 Å². The molecule has 0 radical (unpaired) electrons. The predicted molar refractivity (Wildman–Crippen MR) is 287 cm³/mol. The average Bonchev–Trinajstić information content (AvgIpc) is 4.08. The summed E-state index contributed by atoms with van der Waals surface area (Å²) in [7, 11) is 1.63. The first-order chi connectivity index (χ1) is 35.3. The molecule has 6 N–H and O–H groups in total. The number of amides is 1. The summed E-state index contributed by atoms with van der Waals surface area (Å²) in [6.45, 7) is 14.5. The van der Waals surface area contributed by atoms with Crippen molar-refractivity contribution in [2.75, 3.05) is 85.6 Å². The van der Waals surface area contributed by atoms with Crippen LogP contribution < -0.4 is 15.8 Å². The number of aromatic carboxylic acids is 1. The van der Waals surface area contributed by atoms with Gasteiger partial charge in [0.05, 0.1) is 7.11 Å². The fourth-order valence-corrected chi connectivity index (χ4v) is 10.8. The minimum atomic E-state index is -0.957. The molecule has 4 aliphatic rings. The number of aromatic nitrogens is 4. The van der Waals surface area contributed by atoms with E-state index >= 15 is 0 Å². The summed E-state index contributed by atoms with van der Waals surface area (Å²) in [5.41, 5.74) is 14.0. The Kier molecular flexibility index (Phi) is 17.7. The third-order valence-corrected chi connectivity index (χ3v) is 15.2. The van der Waals surface area contributed by atoms with Crippen LogP contribution in [0.3, 0.4) is 0 Å². The highest BCUT2D eigenvalue weighted by atomic mass is 16.6. The number of nitrogens with two attached hydrogens (primary N) is 1. The van der Waals surface area contributed by atoms with E-state index in [4.69, 9.17) is 20.2 Å². The number of H-pyrrole nitrogens is 2. The van der Waals surface area contributed by atoms with E-state index < -0.39 is 5.97 Å². The molecule has 0 aliphatic carbocycles. The highest BCUT2D eigenvalue weighted by Crippen LogP contribution is 2.32. The number of carbonyl (C=O) groups is 2. The van der Waals surface area contributed by atoms with Gasteiger partial charge in [0.25, 0.3) is 5.91 Å². The van der Waals surface area contributed by atoms with Gasteiger partial charge in [0, 0.05) is 73.2 Å². The molecule has 0 atom stereocenters. The van der Waals surface area contributed by atoms with Gasteiger partial charge in [0.2, 0.25) is 0 Å². The maximum atomic E-state index is 13.1. The molecule has 0 spiro atoms. The van der Waals surface area contributed by atoms with Crippen LogP contribution in [0.2, 0.25) is 0 Å². The van der Waals surface area contributed by atoms with Crippen LogP contribution in [0.1, 0.15) is 98.0 Å². The standard InChI is InChI=1S/C28H34N6O2.C16H13NO3.C13H27N3/c35-28(29-21-10-14-34(15-11-21)17-16-33-12-3-1-2-4-13-33)27-19-23-22(6-5-7-24(23)30-27)20-8-9-25-26(18-20)32-36-31-25;1-20-11-7-5-10(6-8-11)12-3-2-4-14-13(12)9-15(17-14)16(18)19;14-13-5-9-16(10-6-13)12-11-15-7-3-1-2-4-8-15/h5-9,18-19,21,30H,1-4,10-17H2,(H,29,35);2-9,17H,1H3,(H,18,19);13H,1-12,14H2. The monoisotopic (exact) mass is 979 g/mol. The first kappa shape index (κ1) is 50.8. The fraction of sp³-hybridized carbons (Fsp3) is 0.474. The molecule has 4 aromatic carbocycles. The van der Waals surface area contributed by atoms with Gasteiger partial charge in [-0.2, -0.15) is 0 Å². The van der Waals surface area contributed by atoms with Crippen LogP contribution in [-0.2, 0) is 0 Å². The molecular formula is C57H74N10O5. The number of piperidine rings is 2. The molecule has 4 aliphatic heterocycles. The third kappa shape index (κ3) is 13.5. The van der Waals surface area contributed by atoms with Crippen LogP contribution in [0.4, 0.5) is 0 Å². The van der Waals surface area contributed by atoms with Crippen molar-refractivity contribution in [2.45, 2.75) is 89.1 Å². The Bertz CT molecular complexity index is 2810. The Morgan fingerprint density at radius 3 is 1.65 bits per heavy atom. The van der Waals surface area contributed by atoms with Crippen LogP contribution in [0.15, 0.2) is 95.6 Å². The molecule has 4 fully saturated rings. The van der Waals surface area contributed by atoms with Gasteiger partial charge in [-0.15, -0.1) is 0 Å². The molecular weight excluding hydrogens is 905 g/mol. The minimum absolute atomic E-state index is 0.0312. The van der Waals surface area contributed by atoms with E-state index in [2.05, 4.69) is 51.3 Å². The molecule has 0 bridgehead atoms. The lowest BCUT2D eigenvalue weighted by molar-refractivity contribution is 0.0691. The Balaban J connectivity index is 0.000000149.